The van der Waals surface area contributed by atoms with Crippen LogP contribution in [0.15, 0.2) is 66.1 Å². The van der Waals surface area contributed by atoms with Crippen molar-refractivity contribution < 1.29 is 9.18 Å². The number of imidazole rings is 1. The van der Waals surface area contributed by atoms with E-state index in [1.54, 1.807) is 36.7 Å². The van der Waals surface area contributed by atoms with Crippen molar-refractivity contribution in [1.82, 2.24) is 14.5 Å². The van der Waals surface area contributed by atoms with Crippen molar-refractivity contribution in [2.24, 2.45) is 0 Å². The molecule has 5 nitrogen and oxygen atoms in total. The van der Waals surface area contributed by atoms with Crippen molar-refractivity contribution >= 4 is 46.0 Å². The minimum absolute atomic E-state index is 0.0535. The van der Waals surface area contributed by atoms with Gasteiger partial charge in [0.15, 0.2) is 5.16 Å². The van der Waals surface area contributed by atoms with E-state index in [1.165, 1.54) is 23.9 Å². The van der Waals surface area contributed by atoms with Crippen molar-refractivity contribution in [3.05, 3.63) is 82.9 Å². The summed E-state index contributed by atoms with van der Waals surface area (Å²) in [5.41, 5.74) is 3.91. The Kier molecular flexibility index (Phi) is 6.01. The molecule has 0 saturated heterocycles. The smallest absolute Gasteiger partial charge is 0.244 e. The van der Waals surface area contributed by atoms with Crippen LogP contribution in [0.5, 0.6) is 0 Å². The van der Waals surface area contributed by atoms with Crippen molar-refractivity contribution in [1.29, 1.82) is 0 Å². The molecular formula is C22H18ClFN4OS. The molecule has 2 heterocycles. The van der Waals surface area contributed by atoms with Crippen LogP contribution in [0.4, 0.5) is 10.1 Å². The molecule has 0 atom stereocenters. The van der Waals surface area contributed by atoms with E-state index in [4.69, 9.17) is 11.6 Å². The first-order valence-electron chi connectivity index (χ1n) is 9.23. The lowest BCUT2D eigenvalue weighted by Crippen LogP contribution is -2.19. The molecule has 0 bridgehead atoms. The number of nitrogens with one attached hydrogen (secondary N) is 1. The number of thioether (sulfide) groups is 1. The van der Waals surface area contributed by atoms with Crippen molar-refractivity contribution in [2.45, 2.75) is 24.4 Å². The second kappa shape index (κ2) is 8.85. The number of amides is 1. The van der Waals surface area contributed by atoms with Crippen LogP contribution in [0.3, 0.4) is 0 Å². The molecule has 0 fully saturated rings. The van der Waals surface area contributed by atoms with Gasteiger partial charge in [-0.25, -0.2) is 9.37 Å². The molecule has 8 heteroatoms. The zero-order chi connectivity index (χ0) is 21.1. The van der Waals surface area contributed by atoms with Crippen LogP contribution in [-0.4, -0.2) is 20.4 Å². The summed E-state index contributed by atoms with van der Waals surface area (Å²) < 4.78 is 15.3. The number of hydrogen-bond acceptors (Lipinski definition) is 4. The number of halogens is 2. The second-order valence-electron chi connectivity index (χ2n) is 6.79. The number of carbonyl (C=O) groups is 1. The number of rotatable bonds is 6. The molecule has 0 aliphatic rings. The van der Waals surface area contributed by atoms with E-state index in [0.717, 1.165) is 22.2 Å². The third kappa shape index (κ3) is 4.63. The fourth-order valence-electron chi connectivity index (χ4n) is 3.04. The van der Waals surface area contributed by atoms with Crippen LogP contribution in [0, 0.1) is 12.7 Å². The lowest BCUT2D eigenvalue weighted by Gasteiger charge is -2.11. The van der Waals surface area contributed by atoms with Gasteiger partial charge < -0.3 is 9.88 Å². The van der Waals surface area contributed by atoms with Crippen LogP contribution in [0.2, 0.25) is 5.02 Å². The lowest BCUT2D eigenvalue weighted by atomic mass is 10.2. The second-order valence-corrected chi connectivity index (χ2v) is 8.14. The number of anilines is 1. The van der Waals surface area contributed by atoms with Crippen molar-refractivity contribution in [2.75, 3.05) is 5.32 Å². The third-order valence-electron chi connectivity index (χ3n) is 4.47. The highest BCUT2D eigenvalue weighted by atomic mass is 35.5. The van der Waals surface area contributed by atoms with Gasteiger partial charge in [-0.3, -0.25) is 9.78 Å². The van der Waals surface area contributed by atoms with E-state index in [1.807, 2.05) is 23.6 Å². The molecule has 0 unspecified atom stereocenters. The number of carbonyl (C=O) groups excluding carboxylic acids is 1. The monoisotopic (exact) mass is 440 g/mol. The normalized spacial score (nSPS) is 11.0. The molecule has 0 spiro atoms. The number of pyridine rings is 1. The fourth-order valence-corrected chi connectivity index (χ4v) is 4.28. The van der Waals surface area contributed by atoms with Crippen LogP contribution in [0.1, 0.15) is 11.1 Å². The lowest BCUT2D eigenvalue weighted by molar-refractivity contribution is -0.116. The average molecular weight is 441 g/mol. The predicted molar refractivity (Wildman–Crippen MR) is 118 cm³/mol. The highest BCUT2D eigenvalue weighted by Gasteiger charge is 2.15. The fraction of sp³-hybridized carbons (Fsp3) is 0.136. The molecule has 2 aromatic heterocycles. The zero-order valence-corrected chi connectivity index (χ0v) is 17.7. The summed E-state index contributed by atoms with van der Waals surface area (Å²) in [5.74, 6) is 0.0246. The quantitative estimate of drug-likeness (QED) is 0.404. The molecule has 1 amide bonds. The third-order valence-corrected chi connectivity index (χ3v) is 5.83. The van der Waals surface area contributed by atoms with Gasteiger partial charge in [0.25, 0.3) is 0 Å². The summed E-state index contributed by atoms with van der Waals surface area (Å²) in [6, 6.07) is 13.7. The molecule has 0 aliphatic heterocycles. The number of hydrogen-bond donors (Lipinski definition) is 1. The highest BCUT2D eigenvalue weighted by Crippen LogP contribution is 2.27. The average Bonchev–Trinajstić information content (AvgIpc) is 3.06. The van der Waals surface area contributed by atoms with E-state index in [0.29, 0.717) is 21.6 Å². The SMILES string of the molecule is Cc1ccc(NC(=O)Cn2c(SCc3cccc(F)c3)nc3ccncc32)c(Cl)c1. The summed E-state index contributed by atoms with van der Waals surface area (Å²) in [7, 11) is 0. The Morgan fingerprint density at radius 3 is 2.90 bits per heavy atom. The Hall–Kier alpha value is -2.90. The Morgan fingerprint density at radius 2 is 2.10 bits per heavy atom. The summed E-state index contributed by atoms with van der Waals surface area (Å²) in [6.07, 6.45) is 3.34. The molecule has 0 radical (unpaired) electrons. The number of nitrogens with zero attached hydrogens (tertiary/aromatic N) is 3. The number of fused-ring (bicyclic) bond motifs is 1. The maximum Gasteiger partial charge on any atom is 0.244 e. The largest absolute Gasteiger partial charge is 0.323 e. The molecule has 2 aromatic carbocycles. The van der Waals surface area contributed by atoms with Gasteiger partial charge in [0.2, 0.25) is 5.91 Å². The van der Waals surface area contributed by atoms with Crippen LogP contribution >= 0.6 is 23.4 Å². The van der Waals surface area contributed by atoms with E-state index in [9.17, 15) is 9.18 Å². The molecule has 4 rings (SSSR count). The first-order chi connectivity index (χ1) is 14.5. The highest BCUT2D eigenvalue weighted by molar-refractivity contribution is 7.98. The molecule has 0 aliphatic carbocycles. The maximum absolute atomic E-state index is 13.5. The Balaban J connectivity index is 1.57. The van der Waals surface area contributed by atoms with Gasteiger partial charge >= 0.3 is 0 Å². The minimum Gasteiger partial charge on any atom is -0.323 e. The van der Waals surface area contributed by atoms with Crippen molar-refractivity contribution in [3.63, 3.8) is 0 Å². The first-order valence-corrected chi connectivity index (χ1v) is 10.6. The number of aryl methyl sites for hydroxylation is 1. The first kappa shape index (κ1) is 20.4. The summed E-state index contributed by atoms with van der Waals surface area (Å²) in [4.78, 5) is 21.5. The van der Waals surface area contributed by atoms with Gasteiger partial charge in [0, 0.05) is 11.9 Å². The van der Waals surface area contributed by atoms with Crippen LogP contribution in [-0.2, 0) is 17.1 Å². The van der Waals surface area contributed by atoms with E-state index < -0.39 is 0 Å². The van der Waals surface area contributed by atoms with Gasteiger partial charge in [0.05, 0.1) is 27.9 Å². The maximum atomic E-state index is 13.5. The van der Waals surface area contributed by atoms with Gasteiger partial charge in [0.1, 0.15) is 12.4 Å². The van der Waals surface area contributed by atoms with Gasteiger partial charge in [-0.2, -0.15) is 0 Å². The van der Waals surface area contributed by atoms with Crippen LogP contribution < -0.4 is 5.32 Å². The number of benzene rings is 2. The number of aromatic nitrogens is 3. The predicted octanol–water partition coefficient (Wildman–Crippen LogP) is 5.46. The Morgan fingerprint density at radius 1 is 1.23 bits per heavy atom. The molecule has 1 N–H and O–H groups in total. The van der Waals surface area contributed by atoms with E-state index in [2.05, 4.69) is 15.3 Å². The minimum atomic E-state index is -0.278. The molecule has 4 aromatic rings. The van der Waals surface area contributed by atoms with Gasteiger partial charge in [-0.05, 0) is 48.4 Å². The van der Waals surface area contributed by atoms with E-state index in [-0.39, 0.29) is 18.3 Å². The summed E-state index contributed by atoms with van der Waals surface area (Å²) in [5, 5.41) is 4.00. The van der Waals surface area contributed by atoms with Gasteiger partial charge in [-0.15, -0.1) is 0 Å². The Bertz CT molecular complexity index is 1230. The van der Waals surface area contributed by atoms with Crippen molar-refractivity contribution in [3.8, 4) is 0 Å². The standard InChI is InChI=1S/C22H18ClFN4OS/c1-14-5-6-18(17(23)9-14)26-21(29)12-28-20-11-25-8-7-19(20)27-22(28)30-13-15-3-2-4-16(24)10-15/h2-11H,12-13H2,1H3,(H,26,29). The molecule has 0 saturated carbocycles. The van der Waals surface area contributed by atoms with Gasteiger partial charge in [-0.1, -0.05) is 41.6 Å². The molecule has 152 valence electrons. The zero-order valence-electron chi connectivity index (χ0n) is 16.1. The molecule has 30 heavy (non-hydrogen) atoms. The topological polar surface area (TPSA) is 59.8 Å². The van der Waals surface area contributed by atoms with E-state index >= 15 is 0 Å². The summed E-state index contributed by atoms with van der Waals surface area (Å²) in [6.45, 7) is 1.99. The summed E-state index contributed by atoms with van der Waals surface area (Å²) >= 11 is 7.67. The Labute approximate surface area is 182 Å². The van der Waals surface area contributed by atoms with Crippen LogP contribution in [0.25, 0.3) is 11.0 Å². The molecular weight excluding hydrogens is 423 g/mol.